The van der Waals surface area contributed by atoms with Crippen molar-refractivity contribution < 1.29 is 0 Å². The van der Waals surface area contributed by atoms with Gasteiger partial charge in [-0.3, -0.25) is 14.6 Å². The van der Waals surface area contributed by atoms with Gasteiger partial charge in [0.25, 0.3) is 0 Å². The van der Waals surface area contributed by atoms with Crippen molar-refractivity contribution in [3.05, 3.63) is 42.3 Å². The van der Waals surface area contributed by atoms with Gasteiger partial charge in [0.15, 0.2) is 0 Å². The standard InChI is InChI=1S/C13H15N7S/c1-10(6-20-9-15-8-18-20)17-4-11-7-21-13(19-11)12-5-14-2-3-16-12/h2-3,5,7-10,17H,4,6H2,1H3/t10-/m0/s1. The smallest absolute Gasteiger partial charge is 0.143 e. The van der Waals surface area contributed by atoms with Crippen molar-refractivity contribution in [3.63, 3.8) is 0 Å². The van der Waals surface area contributed by atoms with Gasteiger partial charge in [-0.2, -0.15) is 5.10 Å². The third kappa shape index (κ3) is 3.67. The summed E-state index contributed by atoms with van der Waals surface area (Å²) in [5.41, 5.74) is 1.82. The van der Waals surface area contributed by atoms with E-state index in [0.717, 1.165) is 22.9 Å². The van der Waals surface area contributed by atoms with E-state index in [9.17, 15) is 0 Å². The van der Waals surface area contributed by atoms with Gasteiger partial charge in [-0.25, -0.2) is 9.97 Å². The van der Waals surface area contributed by atoms with E-state index in [1.54, 1.807) is 42.6 Å². The summed E-state index contributed by atoms with van der Waals surface area (Å²) in [4.78, 5) is 16.8. The molecular weight excluding hydrogens is 286 g/mol. The highest BCUT2D eigenvalue weighted by Gasteiger charge is 2.08. The highest BCUT2D eigenvalue weighted by Crippen LogP contribution is 2.20. The van der Waals surface area contributed by atoms with Crippen LogP contribution in [-0.2, 0) is 13.1 Å². The molecule has 3 heterocycles. The minimum atomic E-state index is 0.286. The minimum absolute atomic E-state index is 0.286. The number of aromatic nitrogens is 6. The summed E-state index contributed by atoms with van der Waals surface area (Å²) in [6.45, 7) is 3.60. The summed E-state index contributed by atoms with van der Waals surface area (Å²) in [6.07, 6.45) is 8.32. The van der Waals surface area contributed by atoms with Gasteiger partial charge in [-0.1, -0.05) is 0 Å². The Kier molecular flexibility index (Phi) is 4.27. The van der Waals surface area contributed by atoms with Crippen molar-refractivity contribution in [2.24, 2.45) is 0 Å². The largest absolute Gasteiger partial charge is 0.307 e. The molecule has 0 fully saturated rings. The fraction of sp³-hybridized carbons (Fsp3) is 0.308. The molecule has 3 aromatic heterocycles. The lowest BCUT2D eigenvalue weighted by Crippen LogP contribution is -2.30. The van der Waals surface area contributed by atoms with Crippen LogP contribution in [0.2, 0.25) is 0 Å². The van der Waals surface area contributed by atoms with Crippen molar-refractivity contribution in [3.8, 4) is 10.7 Å². The van der Waals surface area contributed by atoms with E-state index in [-0.39, 0.29) is 6.04 Å². The van der Waals surface area contributed by atoms with Crippen LogP contribution in [0.15, 0.2) is 36.6 Å². The van der Waals surface area contributed by atoms with Gasteiger partial charge >= 0.3 is 0 Å². The molecule has 0 aliphatic carbocycles. The molecule has 108 valence electrons. The summed E-state index contributed by atoms with van der Waals surface area (Å²) in [6, 6.07) is 0.286. The maximum atomic E-state index is 4.57. The Morgan fingerprint density at radius 3 is 3.05 bits per heavy atom. The van der Waals surface area contributed by atoms with Gasteiger partial charge in [0, 0.05) is 30.4 Å². The first kappa shape index (κ1) is 13.8. The molecule has 0 aliphatic heterocycles. The zero-order chi connectivity index (χ0) is 14.5. The van der Waals surface area contributed by atoms with E-state index in [1.165, 1.54) is 0 Å². The second-order valence-corrected chi connectivity index (χ2v) is 5.49. The molecule has 1 N–H and O–H groups in total. The zero-order valence-corrected chi connectivity index (χ0v) is 12.4. The molecule has 7 nitrogen and oxygen atoms in total. The van der Waals surface area contributed by atoms with E-state index < -0.39 is 0 Å². The van der Waals surface area contributed by atoms with Gasteiger partial charge in [-0.15, -0.1) is 11.3 Å². The van der Waals surface area contributed by atoms with Crippen LogP contribution >= 0.6 is 11.3 Å². The number of hydrogen-bond acceptors (Lipinski definition) is 7. The number of rotatable bonds is 6. The molecule has 3 aromatic rings. The molecule has 0 spiro atoms. The highest BCUT2D eigenvalue weighted by atomic mass is 32.1. The summed E-state index contributed by atoms with van der Waals surface area (Å²) in [5, 5.41) is 10.4. The number of thiazole rings is 1. The van der Waals surface area contributed by atoms with Gasteiger partial charge in [0.05, 0.1) is 18.4 Å². The van der Waals surface area contributed by atoms with Crippen molar-refractivity contribution in [2.45, 2.75) is 26.1 Å². The topological polar surface area (TPSA) is 81.4 Å². The van der Waals surface area contributed by atoms with Crippen molar-refractivity contribution in [1.29, 1.82) is 0 Å². The Morgan fingerprint density at radius 1 is 1.33 bits per heavy atom. The van der Waals surface area contributed by atoms with Gasteiger partial charge in [0.2, 0.25) is 0 Å². The first-order valence-corrected chi connectivity index (χ1v) is 7.46. The molecule has 0 amide bonds. The summed E-state index contributed by atoms with van der Waals surface area (Å²) >= 11 is 1.58. The normalized spacial score (nSPS) is 12.4. The second-order valence-electron chi connectivity index (χ2n) is 4.63. The van der Waals surface area contributed by atoms with Crippen LogP contribution in [0.25, 0.3) is 10.7 Å². The third-order valence-corrected chi connectivity index (χ3v) is 3.81. The van der Waals surface area contributed by atoms with Crippen LogP contribution in [0.3, 0.4) is 0 Å². The minimum Gasteiger partial charge on any atom is -0.307 e. The molecule has 0 bridgehead atoms. The first-order valence-electron chi connectivity index (χ1n) is 6.58. The zero-order valence-electron chi connectivity index (χ0n) is 11.5. The van der Waals surface area contributed by atoms with Crippen molar-refractivity contribution >= 4 is 11.3 Å². The van der Waals surface area contributed by atoms with E-state index in [4.69, 9.17) is 0 Å². The quantitative estimate of drug-likeness (QED) is 0.740. The Morgan fingerprint density at radius 2 is 2.29 bits per heavy atom. The molecule has 0 aromatic carbocycles. The van der Waals surface area contributed by atoms with Gasteiger partial charge in [0.1, 0.15) is 23.4 Å². The maximum Gasteiger partial charge on any atom is 0.143 e. The average molecular weight is 301 g/mol. The molecule has 0 saturated heterocycles. The monoisotopic (exact) mass is 301 g/mol. The van der Waals surface area contributed by atoms with Crippen LogP contribution in [0.5, 0.6) is 0 Å². The molecule has 8 heteroatoms. The van der Waals surface area contributed by atoms with E-state index in [0.29, 0.717) is 6.54 Å². The number of nitrogens with zero attached hydrogens (tertiary/aromatic N) is 6. The van der Waals surface area contributed by atoms with Gasteiger partial charge < -0.3 is 5.32 Å². The molecule has 1 atom stereocenters. The van der Waals surface area contributed by atoms with Crippen LogP contribution in [0.4, 0.5) is 0 Å². The molecule has 0 radical (unpaired) electrons. The Bertz CT molecular complexity index is 665. The van der Waals surface area contributed by atoms with Crippen LogP contribution < -0.4 is 5.32 Å². The lowest BCUT2D eigenvalue weighted by Gasteiger charge is -2.12. The predicted molar refractivity (Wildman–Crippen MR) is 79.5 cm³/mol. The second kappa shape index (κ2) is 6.51. The predicted octanol–water partition coefficient (Wildman–Crippen LogP) is 1.37. The Hall–Kier alpha value is -2.19. The lowest BCUT2D eigenvalue weighted by atomic mass is 10.3. The fourth-order valence-electron chi connectivity index (χ4n) is 1.87. The van der Waals surface area contributed by atoms with Crippen LogP contribution in [0, 0.1) is 0 Å². The lowest BCUT2D eigenvalue weighted by molar-refractivity contribution is 0.448. The summed E-state index contributed by atoms with van der Waals surface area (Å²) < 4.78 is 1.81. The van der Waals surface area contributed by atoms with E-state index in [2.05, 4.69) is 37.3 Å². The number of nitrogens with one attached hydrogen (secondary N) is 1. The molecule has 3 rings (SSSR count). The molecular formula is C13H15N7S. The van der Waals surface area contributed by atoms with Crippen molar-refractivity contribution in [2.75, 3.05) is 0 Å². The Balaban J connectivity index is 1.55. The average Bonchev–Trinajstić information content (AvgIpc) is 3.17. The summed E-state index contributed by atoms with van der Waals surface area (Å²) in [7, 11) is 0. The van der Waals surface area contributed by atoms with Crippen LogP contribution in [0.1, 0.15) is 12.6 Å². The summed E-state index contributed by atoms with van der Waals surface area (Å²) in [5.74, 6) is 0. The molecule has 0 saturated carbocycles. The molecule has 0 aliphatic rings. The fourth-order valence-corrected chi connectivity index (χ4v) is 2.65. The molecule has 21 heavy (non-hydrogen) atoms. The molecule has 0 unspecified atom stereocenters. The highest BCUT2D eigenvalue weighted by molar-refractivity contribution is 7.13. The van der Waals surface area contributed by atoms with Crippen molar-refractivity contribution in [1.82, 2.24) is 35.0 Å². The Labute approximate surface area is 126 Å². The maximum absolute atomic E-state index is 4.57. The van der Waals surface area contributed by atoms with E-state index >= 15 is 0 Å². The SMILES string of the molecule is C[C@@H](Cn1cncn1)NCc1csc(-c2cnccn2)n1. The first-order chi connectivity index (χ1) is 10.3. The third-order valence-electron chi connectivity index (χ3n) is 2.89. The van der Waals surface area contributed by atoms with E-state index in [1.807, 2.05) is 10.1 Å². The van der Waals surface area contributed by atoms with Crippen LogP contribution in [-0.4, -0.2) is 35.8 Å². The van der Waals surface area contributed by atoms with Gasteiger partial charge in [-0.05, 0) is 6.92 Å². The number of hydrogen-bond donors (Lipinski definition) is 1.